The highest BCUT2D eigenvalue weighted by atomic mass is 16.1. The molecule has 0 aliphatic carbocycles. The molecule has 4 rings (SSSR count). The number of aryl methyl sites for hydroxylation is 1. The lowest BCUT2D eigenvalue weighted by Gasteiger charge is -2.07. The first-order chi connectivity index (χ1) is 12.7. The topological polar surface area (TPSA) is 60.7 Å². The number of hydrogen-bond acceptors (Lipinski definition) is 4. The first-order valence-electron chi connectivity index (χ1n) is 8.28. The zero-order valence-corrected chi connectivity index (χ0v) is 14.2. The van der Waals surface area contributed by atoms with Crippen LogP contribution < -0.4 is 0 Å². The van der Waals surface area contributed by atoms with Gasteiger partial charge in [0.05, 0.1) is 5.69 Å². The molecule has 5 nitrogen and oxygen atoms in total. The van der Waals surface area contributed by atoms with Gasteiger partial charge in [-0.05, 0) is 29.5 Å². The van der Waals surface area contributed by atoms with E-state index in [2.05, 4.69) is 15.5 Å². The highest BCUT2D eigenvalue weighted by Crippen LogP contribution is 2.21. The van der Waals surface area contributed by atoms with Crippen LogP contribution in [0.4, 0.5) is 0 Å². The van der Waals surface area contributed by atoms with Crippen LogP contribution in [-0.2, 0) is 0 Å². The highest BCUT2D eigenvalue weighted by Gasteiger charge is 2.14. The van der Waals surface area contributed by atoms with E-state index < -0.39 is 0 Å². The van der Waals surface area contributed by atoms with Gasteiger partial charge in [0.1, 0.15) is 0 Å². The third-order valence-corrected chi connectivity index (χ3v) is 4.17. The third-order valence-electron chi connectivity index (χ3n) is 4.17. The van der Waals surface area contributed by atoms with E-state index in [9.17, 15) is 4.79 Å². The van der Waals surface area contributed by atoms with E-state index in [1.807, 2.05) is 79.7 Å². The van der Waals surface area contributed by atoms with Crippen LogP contribution in [0.1, 0.15) is 21.5 Å². The Bertz CT molecular complexity index is 1050. The summed E-state index contributed by atoms with van der Waals surface area (Å²) in [6.45, 7) is 2.03. The molecule has 5 heteroatoms. The number of benzene rings is 3. The number of aromatic nitrogens is 4. The Morgan fingerprint density at radius 3 is 2.35 bits per heavy atom. The molecule has 0 radical (unpaired) electrons. The van der Waals surface area contributed by atoms with Crippen molar-refractivity contribution < 1.29 is 4.79 Å². The Balaban J connectivity index is 1.73. The summed E-state index contributed by atoms with van der Waals surface area (Å²) >= 11 is 0. The maximum atomic E-state index is 12.7. The van der Waals surface area contributed by atoms with Gasteiger partial charge in [-0.25, -0.2) is 0 Å². The van der Waals surface area contributed by atoms with Crippen molar-refractivity contribution in [3.63, 3.8) is 0 Å². The van der Waals surface area contributed by atoms with Gasteiger partial charge in [0.2, 0.25) is 0 Å². The minimum atomic E-state index is -0.0302. The lowest BCUT2D eigenvalue weighted by Crippen LogP contribution is -2.04. The van der Waals surface area contributed by atoms with Crippen molar-refractivity contribution in [3.05, 3.63) is 95.6 Å². The lowest BCUT2D eigenvalue weighted by atomic mass is 10.0. The molecule has 0 bridgehead atoms. The molecule has 0 spiro atoms. The lowest BCUT2D eigenvalue weighted by molar-refractivity contribution is 0.103. The molecule has 126 valence electrons. The van der Waals surface area contributed by atoms with Gasteiger partial charge in [-0.1, -0.05) is 72.3 Å². The first kappa shape index (κ1) is 15.9. The molecule has 0 N–H and O–H groups in total. The first-order valence-corrected chi connectivity index (χ1v) is 8.28. The average molecular weight is 340 g/mol. The second-order valence-electron chi connectivity index (χ2n) is 6.03. The summed E-state index contributed by atoms with van der Waals surface area (Å²) in [7, 11) is 0. The molecule has 0 aliphatic heterocycles. The fraction of sp³-hybridized carbons (Fsp3) is 0.0476. The number of hydrogen-bond donors (Lipinski definition) is 0. The Kier molecular flexibility index (Phi) is 4.11. The van der Waals surface area contributed by atoms with Crippen molar-refractivity contribution in [2.45, 2.75) is 6.92 Å². The van der Waals surface area contributed by atoms with Crippen molar-refractivity contribution in [2.24, 2.45) is 0 Å². The van der Waals surface area contributed by atoms with Gasteiger partial charge in [0.15, 0.2) is 11.6 Å². The van der Waals surface area contributed by atoms with Crippen LogP contribution in [0.25, 0.3) is 17.1 Å². The molecule has 0 saturated heterocycles. The molecule has 0 unspecified atom stereocenters. The smallest absolute Gasteiger partial charge is 0.193 e. The molecule has 0 fully saturated rings. The molecule has 0 aliphatic rings. The Labute approximate surface area is 150 Å². The predicted octanol–water partition coefficient (Wildman–Crippen LogP) is 3.87. The Morgan fingerprint density at radius 1 is 0.846 bits per heavy atom. The summed E-state index contributed by atoms with van der Waals surface area (Å²) in [5.41, 5.74) is 4.08. The number of tetrazole rings is 1. The predicted molar refractivity (Wildman–Crippen MR) is 99.2 cm³/mol. The van der Waals surface area contributed by atoms with E-state index in [0.29, 0.717) is 17.0 Å². The average Bonchev–Trinajstić information content (AvgIpc) is 3.19. The van der Waals surface area contributed by atoms with Crippen molar-refractivity contribution in [3.8, 4) is 17.1 Å². The van der Waals surface area contributed by atoms with Gasteiger partial charge < -0.3 is 0 Å². The monoisotopic (exact) mass is 340 g/mol. The summed E-state index contributed by atoms with van der Waals surface area (Å²) in [5.74, 6) is 0.603. The van der Waals surface area contributed by atoms with E-state index in [1.165, 1.54) is 5.56 Å². The van der Waals surface area contributed by atoms with Gasteiger partial charge in [-0.2, -0.15) is 4.68 Å². The number of rotatable bonds is 4. The maximum Gasteiger partial charge on any atom is 0.193 e. The van der Waals surface area contributed by atoms with Gasteiger partial charge in [-0.3, -0.25) is 4.79 Å². The van der Waals surface area contributed by atoms with Crippen LogP contribution in [0.5, 0.6) is 0 Å². The Hall–Kier alpha value is -3.60. The van der Waals surface area contributed by atoms with Crippen molar-refractivity contribution >= 4 is 5.78 Å². The minimum Gasteiger partial charge on any atom is -0.289 e. The molecular formula is C21H16N4O. The molecule has 3 aromatic carbocycles. The van der Waals surface area contributed by atoms with Crippen LogP contribution in [0.15, 0.2) is 78.9 Å². The van der Waals surface area contributed by atoms with Crippen molar-refractivity contribution in [2.75, 3.05) is 0 Å². The van der Waals surface area contributed by atoms with E-state index in [0.717, 1.165) is 11.3 Å². The van der Waals surface area contributed by atoms with E-state index >= 15 is 0 Å². The number of ketones is 1. The third kappa shape index (κ3) is 3.02. The van der Waals surface area contributed by atoms with Crippen molar-refractivity contribution in [1.82, 2.24) is 20.2 Å². The van der Waals surface area contributed by atoms with E-state index in [-0.39, 0.29) is 5.78 Å². The summed E-state index contributed by atoms with van der Waals surface area (Å²) < 4.78 is 1.65. The number of carbonyl (C=O) groups is 1. The second kappa shape index (κ2) is 6.72. The zero-order valence-electron chi connectivity index (χ0n) is 14.2. The zero-order chi connectivity index (χ0) is 17.9. The molecule has 1 aromatic heterocycles. The van der Waals surface area contributed by atoms with Gasteiger partial charge in [0, 0.05) is 16.7 Å². The summed E-state index contributed by atoms with van der Waals surface area (Å²) in [6.07, 6.45) is 0. The van der Waals surface area contributed by atoms with Crippen LogP contribution in [0, 0.1) is 6.92 Å². The molecule has 26 heavy (non-hydrogen) atoms. The quantitative estimate of drug-likeness (QED) is 0.529. The van der Waals surface area contributed by atoms with Crippen molar-refractivity contribution in [1.29, 1.82) is 0 Å². The van der Waals surface area contributed by atoms with Gasteiger partial charge in [-0.15, -0.1) is 5.10 Å². The number of carbonyl (C=O) groups excluding carboxylic acids is 1. The van der Waals surface area contributed by atoms with E-state index in [4.69, 9.17) is 0 Å². The van der Waals surface area contributed by atoms with Crippen LogP contribution >= 0.6 is 0 Å². The van der Waals surface area contributed by atoms with Gasteiger partial charge in [0.25, 0.3) is 0 Å². The largest absolute Gasteiger partial charge is 0.289 e. The summed E-state index contributed by atoms with van der Waals surface area (Å²) in [6, 6.07) is 24.6. The summed E-state index contributed by atoms with van der Waals surface area (Å²) in [5, 5.41) is 12.1. The van der Waals surface area contributed by atoms with Crippen LogP contribution in [-0.4, -0.2) is 26.0 Å². The fourth-order valence-corrected chi connectivity index (χ4v) is 2.78. The molecule has 0 saturated carbocycles. The molecule has 0 amide bonds. The molecule has 1 heterocycles. The maximum absolute atomic E-state index is 12.7. The van der Waals surface area contributed by atoms with Gasteiger partial charge >= 0.3 is 0 Å². The SMILES string of the molecule is Cc1ccc(-c2nnnn2-c2cccc(C(=O)c3ccccc3)c2)cc1. The fourth-order valence-electron chi connectivity index (χ4n) is 2.78. The normalized spacial score (nSPS) is 10.7. The standard InChI is InChI=1S/C21H16N4O/c1-15-10-12-17(13-11-15)21-22-23-24-25(21)19-9-5-8-18(14-19)20(26)16-6-3-2-4-7-16/h2-14H,1H3. The number of nitrogens with zero attached hydrogens (tertiary/aromatic N) is 4. The molecule has 0 atom stereocenters. The van der Waals surface area contributed by atoms with E-state index in [1.54, 1.807) is 10.7 Å². The van der Waals surface area contributed by atoms with Crippen LogP contribution in [0.2, 0.25) is 0 Å². The summed E-state index contributed by atoms with van der Waals surface area (Å²) in [4.78, 5) is 12.7. The van der Waals surface area contributed by atoms with Crippen LogP contribution in [0.3, 0.4) is 0 Å². The Morgan fingerprint density at radius 2 is 1.58 bits per heavy atom. The molecule has 4 aromatic rings. The minimum absolute atomic E-state index is 0.0302. The second-order valence-corrected chi connectivity index (χ2v) is 6.03. The molecular weight excluding hydrogens is 324 g/mol. The highest BCUT2D eigenvalue weighted by molar-refractivity contribution is 6.09.